The highest BCUT2D eigenvalue weighted by atomic mass is 32.2. The summed E-state index contributed by atoms with van der Waals surface area (Å²) < 4.78 is 23.0. The van der Waals surface area contributed by atoms with Gasteiger partial charge in [-0.15, -0.1) is 0 Å². The quantitative estimate of drug-likeness (QED) is 0.718. The Labute approximate surface area is 92.2 Å². The topological polar surface area (TPSA) is 57.6 Å². The van der Waals surface area contributed by atoms with Gasteiger partial charge in [-0.05, 0) is 25.8 Å². The molecular formula is C10H21NO3S. The van der Waals surface area contributed by atoms with E-state index in [2.05, 4.69) is 4.90 Å². The fraction of sp³-hybridized carbons (Fsp3) is 1.00. The van der Waals surface area contributed by atoms with Crippen LogP contribution in [0.2, 0.25) is 0 Å². The van der Waals surface area contributed by atoms with Crippen molar-refractivity contribution in [2.45, 2.75) is 32.2 Å². The van der Waals surface area contributed by atoms with Crippen molar-refractivity contribution in [1.29, 1.82) is 0 Å². The van der Waals surface area contributed by atoms with Gasteiger partial charge in [0.15, 0.2) is 9.84 Å². The summed E-state index contributed by atoms with van der Waals surface area (Å²) in [5.74, 6) is 0.516. The van der Waals surface area contributed by atoms with Gasteiger partial charge in [-0.2, -0.15) is 0 Å². The number of hydrogen-bond donors (Lipinski definition) is 1. The number of sulfone groups is 1. The van der Waals surface area contributed by atoms with Crippen molar-refractivity contribution in [1.82, 2.24) is 4.90 Å². The fourth-order valence-corrected chi connectivity index (χ4v) is 3.40. The third kappa shape index (κ3) is 4.09. The van der Waals surface area contributed by atoms with E-state index in [1.54, 1.807) is 0 Å². The lowest BCUT2D eigenvalue weighted by Crippen LogP contribution is -2.36. The molecule has 0 saturated carbocycles. The molecule has 1 heterocycles. The molecule has 0 radical (unpaired) electrons. The predicted octanol–water partition coefficient (Wildman–Crippen LogP) is 0.268. The normalized spacial score (nSPS) is 23.5. The summed E-state index contributed by atoms with van der Waals surface area (Å²) in [7, 11) is -2.87. The number of hydrogen-bond acceptors (Lipinski definition) is 4. The largest absolute Gasteiger partial charge is 0.395 e. The highest BCUT2D eigenvalue weighted by Crippen LogP contribution is 2.16. The minimum atomic E-state index is -2.87. The van der Waals surface area contributed by atoms with Crippen molar-refractivity contribution in [3.05, 3.63) is 0 Å². The smallest absolute Gasteiger partial charge is 0.151 e. The Morgan fingerprint density at radius 1 is 1.40 bits per heavy atom. The second-order valence-electron chi connectivity index (χ2n) is 4.17. The van der Waals surface area contributed by atoms with Crippen molar-refractivity contribution in [2.24, 2.45) is 0 Å². The number of nitrogens with zero attached hydrogens (tertiary/aromatic N) is 1. The molecule has 0 aliphatic carbocycles. The van der Waals surface area contributed by atoms with Crippen LogP contribution in [-0.2, 0) is 9.84 Å². The molecule has 4 nitrogen and oxygen atoms in total. The van der Waals surface area contributed by atoms with Crippen LogP contribution in [-0.4, -0.2) is 55.7 Å². The predicted molar refractivity (Wildman–Crippen MR) is 60.6 cm³/mol. The fourth-order valence-electron chi connectivity index (χ4n) is 2.07. The molecule has 0 aromatic heterocycles. The zero-order valence-electron chi connectivity index (χ0n) is 9.35. The SMILES string of the molecule is CCCS(=O)(=O)CCN1CCC[C@H]1CO. The van der Waals surface area contributed by atoms with E-state index in [4.69, 9.17) is 5.11 Å². The maximum Gasteiger partial charge on any atom is 0.151 e. The Morgan fingerprint density at radius 3 is 2.73 bits per heavy atom. The van der Waals surface area contributed by atoms with Crippen LogP contribution in [0.5, 0.6) is 0 Å². The van der Waals surface area contributed by atoms with Crippen LogP contribution >= 0.6 is 0 Å². The van der Waals surface area contributed by atoms with Gasteiger partial charge < -0.3 is 5.11 Å². The molecule has 0 bridgehead atoms. The van der Waals surface area contributed by atoms with E-state index in [1.165, 1.54) is 0 Å². The van der Waals surface area contributed by atoms with Gasteiger partial charge >= 0.3 is 0 Å². The first-order valence-corrected chi connectivity index (χ1v) is 7.46. The lowest BCUT2D eigenvalue weighted by molar-refractivity contribution is 0.165. The number of aliphatic hydroxyl groups excluding tert-OH is 1. The van der Waals surface area contributed by atoms with E-state index in [-0.39, 0.29) is 24.2 Å². The molecule has 0 unspecified atom stereocenters. The third-order valence-electron chi connectivity index (χ3n) is 2.91. The van der Waals surface area contributed by atoms with E-state index in [9.17, 15) is 8.42 Å². The van der Waals surface area contributed by atoms with E-state index in [0.29, 0.717) is 13.0 Å². The van der Waals surface area contributed by atoms with Gasteiger partial charge in [0.25, 0.3) is 0 Å². The molecule has 0 spiro atoms. The van der Waals surface area contributed by atoms with Gasteiger partial charge in [0.05, 0.1) is 12.4 Å². The van der Waals surface area contributed by atoms with E-state index in [0.717, 1.165) is 19.4 Å². The average molecular weight is 235 g/mol. The minimum Gasteiger partial charge on any atom is -0.395 e. The molecule has 0 amide bonds. The second-order valence-corrected chi connectivity index (χ2v) is 6.47. The standard InChI is InChI=1S/C10H21NO3S/c1-2-7-15(13,14)8-6-11-5-3-4-10(11)9-12/h10,12H,2-9H2,1H3/t10-/m0/s1. The zero-order valence-corrected chi connectivity index (χ0v) is 10.2. The maximum absolute atomic E-state index is 11.5. The highest BCUT2D eigenvalue weighted by Gasteiger charge is 2.24. The van der Waals surface area contributed by atoms with Crippen LogP contribution in [0.1, 0.15) is 26.2 Å². The first-order valence-electron chi connectivity index (χ1n) is 5.64. The molecule has 1 fully saturated rings. The molecule has 1 rings (SSSR count). The monoisotopic (exact) mass is 235 g/mol. The van der Waals surface area contributed by atoms with Gasteiger partial charge in [-0.1, -0.05) is 6.92 Å². The Hall–Kier alpha value is -0.130. The average Bonchev–Trinajstić information content (AvgIpc) is 2.62. The van der Waals surface area contributed by atoms with Crippen LogP contribution in [0.25, 0.3) is 0 Å². The number of rotatable bonds is 6. The van der Waals surface area contributed by atoms with Crippen LogP contribution in [0.3, 0.4) is 0 Å². The molecular weight excluding hydrogens is 214 g/mol. The van der Waals surface area contributed by atoms with Crippen LogP contribution in [0, 0.1) is 0 Å². The first kappa shape index (κ1) is 12.9. The van der Waals surface area contributed by atoms with Gasteiger partial charge in [0.2, 0.25) is 0 Å². The third-order valence-corrected chi connectivity index (χ3v) is 4.75. The molecule has 1 aliphatic rings. The Kier molecular flexibility index (Phi) is 5.02. The van der Waals surface area contributed by atoms with Crippen molar-refractivity contribution in [2.75, 3.05) is 31.2 Å². The van der Waals surface area contributed by atoms with E-state index in [1.807, 2.05) is 6.92 Å². The summed E-state index contributed by atoms with van der Waals surface area (Å²) in [6.45, 7) is 3.53. The molecule has 90 valence electrons. The maximum atomic E-state index is 11.5. The molecule has 1 saturated heterocycles. The van der Waals surface area contributed by atoms with Crippen LogP contribution in [0.15, 0.2) is 0 Å². The van der Waals surface area contributed by atoms with E-state index < -0.39 is 9.84 Å². The zero-order chi connectivity index (χ0) is 11.3. The first-order chi connectivity index (χ1) is 7.09. The van der Waals surface area contributed by atoms with E-state index >= 15 is 0 Å². The Morgan fingerprint density at radius 2 is 2.13 bits per heavy atom. The van der Waals surface area contributed by atoms with Crippen molar-refractivity contribution in [3.63, 3.8) is 0 Å². The van der Waals surface area contributed by atoms with Gasteiger partial charge in [0, 0.05) is 18.3 Å². The summed E-state index contributed by atoms with van der Waals surface area (Å²) in [5.41, 5.74) is 0. The molecule has 1 N–H and O–H groups in total. The second kappa shape index (κ2) is 5.82. The molecule has 1 atom stereocenters. The van der Waals surface area contributed by atoms with Gasteiger partial charge in [-0.3, -0.25) is 4.90 Å². The molecule has 0 aromatic rings. The molecule has 0 aromatic carbocycles. The van der Waals surface area contributed by atoms with Crippen molar-refractivity contribution >= 4 is 9.84 Å². The molecule has 1 aliphatic heterocycles. The summed E-state index contributed by atoms with van der Waals surface area (Å²) in [6.07, 6.45) is 2.75. The number of likely N-dealkylation sites (tertiary alicyclic amines) is 1. The van der Waals surface area contributed by atoms with Crippen molar-refractivity contribution in [3.8, 4) is 0 Å². The lowest BCUT2D eigenvalue weighted by atomic mass is 10.2. The summed E-state index contributed by atoms with van der Waals surface area (Å²) >= 11 is 0. The molecule has 15 heavy (non-hydrogen) atoms. The Bertz CT molecular complexity index is 276. The van der Waals surface area contributed by atoms with Crippen LogP contribution < -0.4 is 0 Å². The number of aliphatic hydroxyl groups is 1. The van der Waals surface area contributed by atoms with Gasteiger partial charge in [-0.25, -0.2) is 8.42 Å². The van der Waals surface area contributed by atoms with Gasteiger partial charge in [0.1, 0.15) is 0 Å². The summed E-state index contributed by atoms with van der Waals surface area (Å²) in [6, 6.07) is 0.182. The van der Waals surface area contributed by atoms with Crippen molar-refractivity contribution < 1.29 is 13.5 Å². The summed E-state index contributed by atoms with van der Waals surface area (Å²) in [4.78, 5) is 2.09. The minimum absolute atomic E-state index is 0.147. The Balaban J connectivity index is 2.36. The van der Waals surface area contributed by atoms with Crippen LogP contribution in [0.4, 0.5) is 0 Å². The molecule has 5 heteroatoms. The summed E-state index contributed by atoms with van der Waals surface area (Å²) in [5, 5.41) is 9.08. The lowest BCUT2D eigenvalue weighted by Gasteiger charge is -2.22. The highest BCUT2D eigenvalue weighted by molar-refractivity contribution is 7.91.